The van der Waals surface area contributed by atoms with Crippen molar-refractivity contribution in [2.24, 2.45) is 46.2 Å². The lowest BCUT2D eigenvalue weighted by molar-refractivity contribution is -0.286. The first-order chi connectivity index (χ1) is 25.3. The zero-order valence-electron chi connectivity index (χ0n) is 29.6. The number of ether oxygens (including phenoxy) is 6. The van der Waals surface area contributed by atoms with Crippen LogP contribution in [0.3, 0.4) is 0 Å². The van der Waals surface area contributed by atoms with Gasteiger partial charge in [-0.25, -0.2) is 5.06 Å². The summed E-state index contributed by atoms with van der Waals surface area (Å²) in [6, 6.07) is -2.63. The molecule has 5 aliphatic rings. The average molecular weight is 765 g/mol. The molecule has 0 aromatic carbocycles. The zero-order chi connectivity index (χ0) is 38.6. The molecule has 3 heterocycles. The number of amides is 1. The summed E-state index contributed by atoms with van der Waals surface area (Å²) >= 11 is 0. The van der Waals surface area contributed by atoms with E-state index in [1.54, 1.807) is 6.08 Å². The Labute approximate surface area is 307 Å². The van der Waals surface area contributed by atoms with Crippen molar-refractivity contribution in [3.05, 3.63) is 12.2 Å². The number of carbonyl (C=O) groups excluding carboxylic acids is 1. The van der Waals surface area contributed by atoms with Gasteiger partial charge < -0.3 is 93.7 Å². The smallest absolute Gasteiger partial charge is 0.246 e. The largest absolute Gasteiger partial charge is 0.394 e. The minimum Gasteiger partial charge on any atom is -0.394 e. The lowest BCUT2D eigenvalue weighted by Crippen LogP contribution is -2.64. The van der Waals surface area contributed by atoms with Crippen LogP contribution in [0.4, 0.5) is 0 Å². The van der Waals surface area contributed by atoms with E-state index in [1.807, 2.05) is 6.08 Å². The van der Waals surface area contributed by atoms with E-state index in [0.29, 0.717) is 17.5 Å². The normalized spacial score (nSPS) is 45.9. The number of nitrogens with one attached hydrogen (secondary N) is 1. The van der Waals surface area contributed by atoms with Crippen molar-refractivity contribution < 1.29 is 64.0 Å². The Morgan fingerprint density at radius 2 is 1.47 bits per heavy atom. The van der Waals surface area contributed by atoms with E-state index in [-0.39, 0.29) is 38.5 Å². The molecule has 21 heteroatoms. The second kappa shape index (κ2) is 19.1. The van der Waals surface area contributed by atoms with E-state index in [2.05, 4.69) is 5.32 Å². The first kappa shape index (κ1) is 42.6. The Kier molecular flexibility index (Phi) is 15.3. The Morgan fingerprint density at radius 1 is 0.792 bits per heavy atom. The molecule has 0 unspecified atom stereocenters. The Morgan fingerprint density at radius 3 is 2.13 bits per heavy atom. The number of hydrogen-bond donors (Lipinski definition) is 13. The molecule has 21 nitrogen and oxygen atoms in total. The summed E-state index contributed by atoms with van der Waals surface area (Å²) < 4.78 is 36.2. The molecule has 53 heavy (non-hydrogen) atoms. The van der Waals surface area contributed by atoms with Crippen molar-refractivity contribution in [1.29, 1.82) is 0 Å². The third-order valence-corrected chi connectivity index (χ3v) is 10.8. The SMILES string of the molecule is NCCN(O)C(=O)C[C@@H]1C[C@H](N)[C@@H](O[C@H]2O[C@H](CNCC3CC(N)C3)C=C[C@H]2N)[C@H](O[C@@H]2O[C@H](CO)[C@@H](O[C@H]3O[C@@H](CN)[C@@H](O)[C@H](O)[C@H]3N)[C@H]2O)[C@H]1O. The summed E-state index contributed by atoms with van der Waals surface area (Å²) in [4.78, 5) is 12.8. The molecular weight excluding hydrogens is 704 g/mol. The number of aliphatic hydroxyl groups is 5. The number of rotatable bonds is 16. The number of nitrogens with zero attached hydrogens (tertiary/aromatic N) is 1. The predicted molar refractivity (Wildman–Crippen MR) is 183 cm³/mol. The highest BCUT2D eigenvalue weighted by atomic mass is 16.8. The van der Waals surface area contributed by atoms with Crippen molar-refractivity contribution in [1.82, 2.24) is 10.4 Å². The van der Waals surface area contributed by atoms with Gasteiger partial charge in [-0.1, -0.05) is 12.2 Å². The Hall–Kier alpha value is -1.55. The molecule has 306 valence electrons. The van der Waals surface area contributed by atoms with E-state index >= 15 is 0 Å². The molecule has 0 aromatic rings. The van der Waals surface area contributed by atoms with Gasteiger partial charge in [0.15, 0.2) is 18.9 Å². The third-order valence-electron chi connectivity index (χ3n) is 10.8. The fourth-order valence-electron chi connectivity index (χ4n) is 7.59. The standard InChI is InChI=1S/C32H60N8O13/c33-3-4-40(47)21(42)8-14-7-18(37)27(51-30-17(36)2-1-16(48-30)11-39-10-13-5-15(35)6-13)29(23(14)43)53-32-26(46)28(20(12-41)50-32)52-31-22(38)25(45)24(44)19(9-34)49-31/h1-2,13-20,22-32,39,41,43-47H,3-12,33-38H2/t13?,14-,15?,16-,17+,18-,19-,20+,22+,23-,24+,25+,26+,27+,28+,29+,30+,31+,32-/m0/s1. The van der Waals surface area contributed by atoms with Crippen molar-refractivity contribution in [3.8, 4) is 0 Å². The molecule has 0 bridgehead atoms. The van der Waals surface area contributed by atoms with E-state index < -0.39 is 116 Å². The predicted octanol–water partition coefficient (Wildman–Crippen LogP) is -6.84. The van der Waals surface area contributed by atoms with Gasteiger partial charge in [-0.15, -0.1) is 0 Å². The van der Waals surface area contributed by atoms with Crippen molar-refractivity contribution in [2.45, 2.75) is 130 Å². The number of carbonyl (C=O) groups is 1. The second-order valence-electron chi connectivity index (χ2n) is 14.8. The Bertz CT molecular complexity index is 1190. The minimum atomic E-state index is -1.64. The number of aliphatic hydroxyl groups excluding tert-OH is 5. The van der Waals surface area contributed by atoms with Crippen molar-refractivity contribution >= 4 is 5.91 Å². The van der Waals surface area contributed by atoms with Gasteiger partial charge >= 0.3 is 0 Å². The summed E-state index contributed by atoms with van der Waals surface area (Å²) in [5.41, 5.74) is 36.1. The lowest BCUT2D eigenvalue weighted by atomic mass is 9.77. The molecule has 3 aliphatic heterocycles. The fraction of sp³-hybridized carbons (Fsp3) is 0.906. The van der Waals surface area contributed by atoms with Gasteiger partial charge in [0.2, 0.25) is 5.91 Å². The van der Waals surface area contributed by atoms with Gasteiger partial charge in [0, 0.05) is 38.1 Å². The molecule has 0 radical (unpaired) electrons. The minimum absolute atomic E-state index is 0.00731. The van der Waals surface area contributed by atoms with Gasteiger partial charge in [0.25, 0.3) is 0 Å². The molecule has 0 spiro atoms. The Balaban J connectivity index is 1.31. The lowest BCUT2D eigenvalue weighted by Gasteiger charge is -2.46. The van der Waals surface area contributed by atoms with Crippen LogP contribution in [-0.2, 0) is 33.2 Å². The monoisotopic (exact) mass is 764 g/mol. The van der Waals surface area contributed by atoms with Gasteiger partial charge in [-0.3, -0.25) is 10.0 Å². The molecule has 4 fully saturated rings. The van der Waals surface area contributed by atoms with Crippen LogP contribution in [-0.4, -0.2) is 185 Å². The highest BCUT2D eigenvalue weighted by Gasteiger charge is 2.54. The molecular formula is C32H60N8O13. The van der Waals surface area contributed by atoms with Crippen LogP contribution in [0.1, 0.15) is 25.7 Å². The third kappa shape index (κ3) is 10.1. The maximum Gasteiger partial charge on any atom is 0.246 e. The van der Waals surface area contributed by atoms with E-state index in [1.165, 1.54) is 0 Å². The molecule has 5 rings (SSSR count). The van der Waals surface area contributed by atoms with E-state index in [0.717, 1.165) is 19.4 Å². The topological polar surface area (TPSA) is 365 Å². The second-order valence-corrected chi connectivity index (χ2v) is 14.8. The van der Waals surface area contributed by atoms with Gasteiger partial charge in [-0.05, 0) is 37.6 Å². The molecule has 17 atom stereocenters. The van der Waals surface area contributed by atoms with E-state index in [4.69, 9.17) is 62.8 Å². The van der Waals surface area contributed by atoms with Gasteiger partial charge in [0.1, 0.15) is 48.8 Å². The molecule has 1 amide bonds. The summed E-state index contributed by atoms with van der Waals surface area (Å²) in [5, 5.41) is 68.0. The summed E-state index contributed by atoms with van der Waals surface area (Å²) in [5.74, 6) is -1.05. The van der Waals surface area contributed by atoms with Crippen LogP contribution in [0.25, 0.3) is 0 Å². The van der Waals surface area contributed by atoms with Gasteiger partial charge in [0.05, 0.1) is 37.4 Å². The highest BCUT2D eigenvalue weighted by Crippen LogP contribution is 2.37. The summed E-state index contributed by atoms with van der Waals surface area (Å²) in [6.45, 7) is 0.298. The summed E-state index contributed by atoms with van der Waals surface area (Å²) in [7, 11) is 0. The van der Waals surface area contributed by atoms with Crippen molar-refractivity contribution in [2.75, 3.05) is 39.3 Å². The van der Waals surface area contributed by atoms with Gasteiger partial charge in [-0.2, -0.15) is 0 Å². The zero-order valence-corrected chi connectivity index (χ0v) is 29.6. The average Bonchev–Trinajstić information content (AvgIpc) is 3.41. The maximum absolute atomic E-state index is 12.8. The number of nitrogens with two attached hydrogens (primary N) is 6. The highest BCUT2D eigenvalue weighted by molar-refractivity contribution is 5.75. The number of hydrogen-bond acceptors (Lipinski definition) is 20. The molecule has 2 saturated heterocycles. The summed E-state index contributed by atoms with van der Waals surface area (Å²) in [6.07, 6.45) is -11.2. The van der Waals surface area contributed by atoms with Crippen LogP contribution >= 0.6 is 0 Å². The van der Waals surface area contributed by atoms with Crippen LogP contribution in [0.5, 0.6) is 0 Å². The van der Waals surface area contributed by atoms with Crippen molar-refractivity contribution in [3.63, 3.8) is 0 Å². The van der Waals surface area contributed by atoms with Crippen LogP contribution in [0.2, 0.25) is 0 Å². The first-order valence-electron chi connectivity index (χ1n) is 18.3. The molecule has 2 saturated carbocycles. The van der Waals surface area contributed by atoms with E-state index in [9.17, 15) is 35.5 Å². The quantitative estimate of drug-likeness (QED) is 0.0394. The molecule has 0 aromatic heterocycles. The fourth-order valence-corrected chi connectivity index (χ4v) is 7.59. The molecule has 19 N–H and O–H groups in total. The van der Waals surface area contributed by atoms with Crippen LogP contribution in [0, 0.1) is 11.8 Å². The maximum atomic E-state index is 12.8. The molecule has 2 aliphatic carbocycles. The van der Waals surface area contributed by atoms with Crippen LogP contribution in [0.15, 0.2) is 12.2 Å². The first-order valence-corrected chi connectivity index (χ1v) is 18.3. The van der Waals surface area contributed by atoms with Crippen LogP contribution < -0.4 is 39.7 Å². The number of hydroxylamine groups is 2.